The number of rotatable bonds is 0. The molecule has 0 aliphatic heterocycles. The minimum Gasteiger partial charge on any atom is -0.276 e. The van der Waals surface area contributed by atoms with E-state index in [2.05, 4.69) is 15.3 Å². The van der Waals surface area contributed by atoms with Crippen molar-refractivity contribution < 1.29 is 0 Å². The summed E-state index contributed by atoms with van der Waals surface area (Å²) < 4.78 is 1.46. The third kappa shape index (κ3) is 1.21. The second-order valence-corrected chi connectivity index (χ2v) is 4.23. The zero-order valence-electron chi connectivity index (χ0n) is 8.40. The summed E-state index contributed by atoms with van der Waals surface area (Å²) in [4.78, 5) is 11.9. The molecule has 0 radical (unpaired) electrons. The largest absolute Gasteiger partial charge is 0.278 e. The van der Waals surface area contributed by atoms with Gasteiger partial charge in [0.25, 0.3) is 5.56 Å². The van der Waals surface area contributed by atoms with Gasteiger partial charge >= 0.3 is 0 Å². The van der Waals surface area contributed by atoms with E-state index in [1.807, 2.05) is 20.8 Å². The van der Waals surface area contributed by atoms with Gasteiger partial charge < -0.3 is 0 Å². The lowest BCUT2D eigenvalue weighted by Crippen LogP contribution is -2.35. The lowest BCUT2D eigenvalue weighted by Gasteiger charge is -2.19. The monoisotopic (exact) mass is 192 g/mol. The number of nitrogens with one attached hydrogen (secondary N) is 1. The molecule has 1 N–H and O–H groups in total. The molecule has 0 spiro atoms. The van der Waals surface area contributed by atoms with Crippen molar-refractivity contribution in [3.05, 3.63) is 22.7 Å². The van der Waals surface area contributed by atoms with Crippen LogP contribution in [0.15, 0.2) is 17.2 Å². The maximum absolute atomic E-state index is 11.9. The number of nitrogens with zero attached hydrogens (tertiary/aromatic N) is 3. The van der Waals surface area contributed by atoms with E-state index in [1.165, 1.54) is 10.9 Å². The van der Waals surface area contributed by atoms with Crippen molar-refractivity contribution in [2.45, 2.75) is 26.3 Å². The molecule has 2 rings (SSSR count). The van der Waals surface area contributed by atoms with Crippen molar-refractivity contribution in [3.63, 3.8) is 0 Å². The van der Waals surface area contributed by atoms with Crippen LogP contribution in [0.5, 0.6) is 0 Å². The first-order valence-electron chi connectivity index (χ1n) is 4.42. The molecule has 0 fully saturated rings. The van der Waals surface area contributed by atoms with Gasteiger partial charge in [0.1, 0.15) is 0 Å². The average molecular weight is 192 g/mol. The van der Waals surface area contributed by atoms with Crippen LogP contribution in [-0.4, -0.2) is 20.0 Å². The van der Waals surface area contributed by atoms with Gasteiger partial charge in [-0.1, -0.05) is 0 Å². The Morgan fingerprint density at radius 3 is 2.71 bits per heavy atom. The highest BCUT2D eigenvalue weighted by Crippen LogP contribution is 2.10. The SMILES string of the molecule is CC(C)(C)n1ncc2[nH]ncc2c1=O. The summed E-state index contributed by atoms with van der Waals surface area (Å²) in [6, 6.07) is 0. The number of aromatic amines is 1. The Hall–Kier alpha value is -1.65. The van der Waals surface area contributed by atoms with Gasteiger partial charge in [-0.3, -0.25) is 9.89 Å². The van der Waals surface area contributed by atoms with Crippen molar-refractivity contribution in [1.82, 2.24) is 20.0 Å². The van der Waals surface area contributed by atoms with E-state index in [1.54, 1.807) is 6.20 Å². The van der Waals surface area contributed by atoms with Gasteiger partial charge in [0.15, 0.2) is 0 Å². The fraction of sp³-hybridized carbons (Fsp3) is 0.444. The van der Waals surface area contributed by atoms with Crippen LogP contribution >= 0.6 is 0 Å². The maximum atomic E-state index is 11.9. The Bertz CT molecular complexity index is 517. The molecule has 0 aliphatic rings. The first-order valence-corrected chi connectivity index (χ1v) is 4.42. The Labute approximate surface area is 80.7 Å². The van der Waals surface area contributed by atoms with E-state index >= 15 is 0 Å². The van der Waals surface area contributed by atoms with Crippen LogP contribution in [0, 0.1) is 0 Å². The van der Waals surface area contributed by atoms with Crippen molar-refractivity contribution in [1.29, 1.82) is 0 Å². The lowest BCUT2D eigenvalue weighted by molar-refractivity contribution is 0.340. The van der Waals surface area contributed by atoms with E-state index < -0.39 is 0 Å². The molecular weight excluding hydrogens is 180 g/mol. The molecule has 0 aliphatic carbocycles. The zero-order valence-corrected chi connectivity index (χ0v) is 8.40. The van der Waals surface area contributed by atoms with E-state index in [0.29, 0.717) is 10.9 Å². The Balaban J connectivity index is 2.81. The molecule has 2 heterocycles. The smallest absolute Gasteiger partial charge is 0.276 e. The third-order valence-corrected chi connectivity index (χ3v) is 2.03. The van der Waals surface area contributed by atoms with Crippen molar-refractivity contribution in [2.75, 3.05) is 0 Å². The lowest BCUT2D eigenvalue weighted by atomic mass is 10.1. The highest BCUT2D eigenvalue weighted by molar-refractivity contribution is 5.75. The van der Waals surface area contributed by atoms with E-state index in [4.69, 9.17) is 0 Å². The number of aromatic nitrogens is 4. The third-order valence-electron chi connectivity index (χ3n) is 2.03. The molecule has 0 amide bonds. The Kier molecular flexibility index (Phi) is 1.70. The van der Waals surface area contributed by atoms with Gasteiger partial charge in [-0.05, 0) is 20.8 Å². The Morgan fingerprint density at radius 1 is 1.36 bits per heavy atom. The molecule has 5 heteroatoms. The summed E-state index contributed by atoms with van der Waals surface area (Å²) in [5.74, 6) is 0. The number of hydrogen-bond donors (Lipinski definition) is 1. The van der Waals surface area contributed by atoms with Crippen molar-refractivity contribution >= 4 is 10.9 Å². The molecule has 2 aromatic rings. The first-order chi connectivity index (χ1) is 6.50. The normalized spacial score (nSPS) is 12.2. The molecule has 0 atom stereocenters. The molecule has 74 valence electrons. The maximum Gasteiger partial charge on any atom is 0.278 e. The van der Waals surface area contributed by atoms with Gasteiger partial charge in [-0.15, -0.1) is 0 Å². The molecule has 0 unspecified atom stereocenters. The van der Waals surface area contributed by atoms with Crippen LogP contribution in [0.3, 0.4) is 0 Å². The fourth-order valence-electron chi connectivity index (χ4n) is 1.32. The summed E-state index contributed by atoms with van der Waals surface area (Å²) in [5.41, 5.74) is 0.266. The van der Waals surface area contributed by atoms with Crippen LogP contribution < -0.4 is 5.56 Å². The molecular formula is C9H12N4O. The molecule has 14 heavy (non-hydrogen) atoms. The summed E-state index contributed by atoms with van der Waals surface area (Å²) >= 11 is 0. The molecule has 5 nitrogen and oxygen atoms in total. The standard InChI is InChI=1S/C9H12N4O/c1-9(2,3)13-8(14)6-4-10-12-7(6)5-11-13/h4-5H,1-3H3,(H,10,12). The van der Waals surface area contributed by atoms with Gasteiger partial charge in [-0.2, -0.15) is 10.2 Å². The van der Waals surface area contributed by atoms with E-state index in [9.17, 15) is 4.79 Å². The highest BCUT2D eigenvalue weighted by atomic mass is 16.1. The van der Waals surface area contributed by atoms with Crippen LogP contribution in [-0.2, 0) is 5.54 Å². The predicted molar refractivity (Wildman–Crippen MR) is 53.1 cm³/mol. The van der Waals surface area contributed by atoms with Crippen LogP contribution in [0.4, 0.5) is 0 Å². The van der Waals surface area contributed by atoms with Gasteiger partial charge in [0, 0.05) is 0 Å². The minimum atomic E-state index is -0.303. The highest BCUT2D eigenvalue weighted by Gasteiger charge is 2.17. The first kappa shape index (κ1) is 8.93. The predicted octanol–water partition coefficient (Wildman–Crippen LogP) is 0.875. The van der Waals surface area contributed by atoms with E-state index in [-0.39, 0.29) is 11.1 Å². The van der Waals surface area contributed by atoms with E-state index in [0.717, 1.165) is 0 Å². The Morgan fingerprint density at radius 2 is 2.07 bits per heavy atom. The zero-order chi connectivity index (χ0) is 10.3. The molecule has 0 saturated heterocycles. The van der Waals surface area contributed by atoms with Gasteiger partial charge in [0.05, 0.1) is 28.8 Å². The molecule has 0 aromatic carbocycles. The van der Waals surface area contributed by atoms with Crippen molar-refractivity contribution in [2.24, 2.45) is 0 Å². The fourth-order valence-corrected chi connectivity index (χ4v) is 1.32. The summed E-state index contributed by atoms with van der Waals surface area (Å²) in [7, 11) is 0. The van der Waals surface area contributed by atoms with Crippen LogP contribution in [0.1, 0.15) is 20.8 Å². The average Bonchev–Trinajstić information content (AvgIpc) is 2.50. The quantitative estimate of drug-likeness (QED) is 0.673. The summed E-state index contributed by atoms with van der Waals surface area (Å²) in [5, 5.41) is 11.2. The molecule has 2 aromatic heterocycles. The van der Waals surface area contributed by atoms with Gasteiger partial charge in [0.2, 0.25) is 0 Å². The number of hydrogen-bond acceptors (Lipinski definition) is 3. The minimum absolute atomic E-state index is 0.108. The number of fused-ring (bicyclic) bond motifs is 1. The topological polar surface area (TPSA) is 63.6 Å². The van der Waals surface area contributed by atoms with Crippen LogP contribution in [0.2, 0.25) is 0 Å². The molecule has 0 saturated carbocycles. The molecule has 0 bridgehead atoms. The second kappa shape index (κ2) is 2.67. The number of H-pyrrole nitrogens is 1. The van der Waals surface area contributed by atoms with Crippen molar-refractivity contribution in [3.8, 4) is 0 Å². The second-order valence-electron chi connectivity index (χ2n) is 4.23. The van der Waals surface area contributed by atoms with Crippen LogP contribution in [0.25, 0.3) is 10.9 Å². The summed E-state index contributed by atoms with van der Waals surface area (Å²) in [6.07, 6.45) is 3.15. The summed E-state index contributed by atoms with van der Waals surface area (Å²) in [6.45, 7) is 5.81. The van der Waals surface area contributed by atoms with Gasteiger partial charge in [-0.25, -0.2) is 4.68 Å².